The largest absolute Gasteiger partial charge is 0.326 e. The van der Waals surface area contributed by atoms with Crippen LogP contribution in [0, 0.1) is 12.8 Å². The van der Waals surface area contributed by atoms with Gasteiger partial charge in [0.05, 0.1) is 4.90 Å². The van der Waals surface area contributed by atoms with Gasteiger partial charge in [-0.15, -0.1) is 0 Å². The lowest BCUT2D eigenvalue weighted by Crippen LogP contribution is -2.39. The van der Waals surface area contributed by atoms with Crippen molar-refractivity contribution in [3.05, 3.63) is 23.8 Å². The van der Waals surface area contributed by atoms with Crippen molar-refractivity contribution >= 4 is 21.6 Å². The van der Waals surface area contributed by atoms with E-state index >= 15 is 0 Å². The van der Waals surface area contributed by atoms with Crippen molar-refractivity contribution in [1.29, 1.82) is 0 Å². The summed E-state index contributed by atoms with van der Waals surface area (Å²) in [7, 11) is -3.53. The molecule has 142 valence electrons. The third-order valence-electron chi connectivity index (χ3n) is 5.71. The minimum absolute atomic E-state index is 0.0290. The van der Waals surface area contributed by atoms with Crippen LogP contribution in [0.15, 0.2) is 23.1 Å². The number of rotatable bonds is 6. The molecule has 1 aliphatic carbocycles. The van der Waals surface area contributed by atoms with Gasteiger partial charge in [-0.1, -0.05) is 6.07 Å². The van der Waals surface area contributed by atoms with Gasteiger partial charge in [-0.05, 0) is 69.1 Å². The minimum Gasteiger partial charge on any atom is -0.326 e. The number of benzene rings is 1. The first kappa shape index (κ1) is 17.9. The van der Waals surface area contributed by atoms with Gasteiger partial charge in [0.2, 0.25) is 15.9 Å². The number of carbonyl (C=O) groups excluding carboxylic acids is 1. The fraction of sp³-hybridized carbons (Fsp3) is 0.632. The molecule has 2 atom stereocenters. The molecule has 0 spiro atoms. The molecule has 1 amide bonds. The molecule has 1 saturated carbocycles. The molecule has 2 heterocycles. The second-order valence-corrected chi connectivity index (χ2v) is 9.79. The van der Waals surface area contributed by atoms with Gasteiger partial charge >= 0.3 is 0 Å². The van der Waals surface area contributed by atoms with Gasteiger partial charge in [-0.2, -0.15) is 0 Å². The first-order valence-electron chi connectivity index (χ1n) is 9.58. The van der Waals surface area contributed by atoms with Crippen LogP contribution in [-0.4, -0.2) is 32.5 Å². The lowest BCUT2D eigenvalue weighted by atomic mass is 9.89. The Morgan fingerprint density at radius 1 is 1.15 bits per heavy atom. The molecule has 3 N–H and O–H groups in total. The summed E-state index contributed by atoms with van der Waals surface area (Å²) in [6.45, 7) is 1.78. The quantitative estimate of drug-likeness (QED) is 0.710. The zero-order valence-electron chi connectivity index (χ0n) is 15.1. The molecule has 6 nitrogen and oxygen atoms in total. The number of anilines is 1. The molecule has 4 rings (SSSR count). The van der Waals surface area contributed by atoms with E-state index in [-0.39, 0.29) is 16.8 Å². The number of aryl methyl sites for hydroxylation is 1. The van der Waals surface area contributed by atoms with Crippen molar-refractivity contribution in [2.24, 2.45) is 5.92 Å². The van der Waals surface area contributed by atoms with E-state index in [4.69, 9.17) is 0 Å². The van der Waals surface area contributed by atoms with Crippen LogP contribution in [0.25, 0.3) is 0 Å². The zero-order chi connectivity index (χ0) is 18.3. The summed E-state index contributed by atoms with van der Waals surface area (Å²) in [5, 5.41) is 6.49. The summed E-state index contributed by atoms with van der Waals surface area (Å²) in [6, 6.07) is 6.29. The summed E-state index contributed by atoms with van der Waals surface area (Å²) in [6.07, 6.45) is 6.85. The van der Waals surface area contributed by atoms with E-state index < -0.39 is 10.0 Å². The fourth-order valence-corrected chi connectivity index (χ4v) is 5.84. The van der Waals surface area contributed by atoms with Crippen LogP contribution in [0.2, 0.25) is 0 Å². The van der Waals surface area contributed by atoms with Crippen LogP contribution in [0.3, 0.4) is 0 Å². The number of amides is 1. The lowest BCUT2D eigenvalue weighted by Gasteiger charge is -2.28. The van der Waals surface area contributed by atoms with Gasteiger partial charge in [-0.25, -0.2) is 13.1 Å². The Morgan fingerprint density at radius 3 is 2.50 bits per heavy atom. The van der Waals surface area contributed by atoms with Gasteiger partial charge in [0.1, 0.15) is 0 Å². The van der Waals surface area contributed by atoms with Crippen molar-refractivity contribution < 1.29 is 13.2 Å². The molecule has 1 aromatic carbocycles. The van der Waals surface area contributed by atoms with E-state index in [0.717, 1.165) is 25.7 Å². The Kier molecular flexibility index (Phi) is 4.79. The Hall–Kier alpha value is -1.44. The maximum absolute atomic E-state index is 12.5. The molecule has 26 heavy (non-hydrogen) atoms. The fourth-order valence-electron chi connectivity index (χ4n) is 4.27. The topological polar surface area (TPSA) is 87.3 Å². The normalized spacial score (nSPS) is 28.1. The molecule has 2 unspecified atom stereocenters. The molecule has 2 saturated heterocycles. The van der Waals surface area contributed by atoms with E-state index in [1.165, 1.54) is 12.8 Å². The average molecular weight is 378 g/mol. The second kappa shape index (κ2) is 6.94. The van der Waals surface area contributed by atoms with Gasteiger partial charge in [0, 0.05) is 30.2 Å². The van der Waals surface area contributed by atoms with Crippen molar-refractivity contribution in [2.75, 3.05) is 5.32 Å². The standard InChI is InChI=1S/C19H27N3O3S/c1-12-2-3-17(11-18(12)26(24,25)22-14-4-5-14)21-19(23)10-13-8-15-6-7-16(9-13)20-15/h2-3,11,13-16,20,22H,4-10H2,1H3,(H,21,23). The highest BCUT2D eigenvalue weighted by Crippen LogP contribution is 2.33. The van der Waals surface area contributed by atoms with Gasteiger partial charge in [-0.3, -0.25) is 4.79 Å². The number of sulfonamides is 1. The first-order chi connectivity index (χ1) is 12.4. The Morgan fingerprint density at radius 2 is 1.85 bits per heavy atom. The highest BCUT2D eigenvalue weighted by atomic mass is 32.2. The maximum atomic E-state index is 12.5. The van der Waals surface area contributed by atoms with Crippen molar-refractivity contribution in [3.63, 3.8) is 0 Å². The summed E-state index contributed by atoms with van der Waals surface area (Å²) in [4.78, 5) is 12.7. The maximum Gasteiger partial charge on any atom is 0.241 e. The van der Waals surface area contributed by atoms with Crippen LogP contribution < -0.4 is 15.4 Å². The summed E-state index contributed by atoms with van der Waals surface area (Å²) in [5.74, 6) is 0.387. The Labute approximate surface area is 155 Å². The zero-order valence-corrected chi connectivity index (χ0v) is 15.9. The molecule has 0 aromatic heterocycles. The van der Waals surface area contributed by atoms with Crippen molar-refractivity contribution in [3.8, 4) is 0 Å². The monoisotopic (exact) mass is 377 g/mol. The molecule has 2 aliphatic heterocycles. The average Bonchev–Trinajstić information content (AvgIpc) is 3.31. The lowest BCUT2D eigenvalue weighted by molar-refractivity contribution is -0.117. The number of piperidine rings is 1. The van der Waals surface area contributed by atoms with Crippen LogP contribution in [0.4, 0.5) is 5.69 Å². The van der Waals surface area contributed by atoms with Crippen LogP contribution in [0.1, 0.15) is 50.5 Å². The Balaban J connectivity index is 1.41. The van der Waals surface area contributed by atoms with Crippen molar-refractivity contribution in [1.82, 2.24) is 10.0 Å². The van der Waals surface area contributed by atoms with E-state index in [1.807, 2.05) is 0 Å². The third-order valence-corrected chi connectivity index (χ3v) is 7.37. The molecule has 0 radical (unpaired) electrons. The molecule has 3 fully saturated rings. The second-order valence-electron chi connectivity index (χ2n) is 8.10. The summed E-state index contributed by atoms with van der Waals surface area (Å²) >= 11 is 0. The predicted octanol–water partition coefficient (Wildman–Crippen LogP) is 2.29. The predicted molar refractivity (Wildman–Crippen MR) is 100 cm³/mol. The third kappa shape index (κ3) is 4.10. The van der Waals surface area contributed by atoms with Crippen molar-refractivity contribution in [2.45, 2.75) is 74.9 Å². The summed E-state index contributed by atoms with van der Waals surface area (Å²) < 4.78 is 27.7. The van der Waals surface area contributed by atoms with Gasteiger partial charge in [0.15, 0.2) is 0 Å². The highest BCUT2D eigenvalue weighted by molar-refractivity contribution is 7.89. The molecule has 3 aliphatic rings. The number of fused-ring (bicyclic) bond motifs is 2. The molecule has 2 bridgehead atoms. The molecule has 1 aromatic rings. The minimum atomic E-state index is -3.53. The number of hydrogen-bond acceptors (Lipinski definition) is 4. The van der Waals surface area contributed by atoms with Gasteiger partial charge in [0.25, 0.3) is 0 Å². The first-order valence-corrected chi connectivity index (χ1v) is 11.1. The Bertz CT molecular complexity index is 792. The number of nitrogens with one attached hydrogen (secondary N) is 3. The molecule has 7 heteroatoms. The van der Waals surface area contributed by atoms with E-state index in [2.05, 4.69) is 15.4 Å². The van der Waals surface area contributed by atoms with Crippen LogP contribution >= 0.6 is 0 Å². The number of carbonyl (C=O) groups is 1. The van der Waals surface area contributed by atoms with E-state index in [9.17, 15) is 13.2 Å². The summed E-state index contributed by atoms with van der Waals surface area (Å²) in [5.41, 5.74) is 1.24. The smallest absolute Gasteiger partial charge is 0.241 e. The SMILES string of the molecule is Cc1ccc(NC(=O)CC2CC3CCC(C2)N3)cc1S(=O)(=O)NC1CC1. The highest BCUT2D eigenvalue weighted by Gasteiger charge is 2.34. The molecular weight excluding hydrogens is 350 g/mol. The van der Waals surface area contributed by atoms with Crippen LogP contribution in [0.5, 0.6) is 0 Å². The number of hydrogen-bond donors (Lipinski definition) is 3. The van der Waals surface area contributed by atoms with E-state index in [0.29, 0.717) is 35.7 Å². The molecular formula is C19H27N3O3S. The van der Waals surface area contributed by atoms with E-state index in [1.54, 1.807) is 25.1 Å². The van der Waals surface area contributed by atoms with Gasteiger partial charge < -0.3 is 10.6 Å². The van der Waals surface area contributed by atoms with Crippen LogP contribution in [-0.2, 0) is 14.8 Å².